The molecule has 0 heterocycles. The van der Waals surface area contributed by atoms with Gasteiger partial charge >= 0.3 is 0 Å². The number of anilines is 1. The third-order valence-electron chi connectivity index (χ3n) is 2.23. The molecule has 4 heteroatoms. The molecule has 1 aromatic rings. The van der Waals surface area contributed by atoms with Crippen molar-refractivity contribution in [2.75, 3.05) is 5.73 Å². The Morgan fingerprint density at radius 3 is 2.43 bits per heavy atom. The maximum absolute atomic E-state index is 10.6. The first-order valence-corrected chi connectivity index (χ1v) is 4.48. The lowest BCUT2D eigenvalue weighted by Crippen LogP contribution is -2.00. The largest absolute Gasteiger partial charge is 0.393 e. The van der Waals surface area contributed by atoms with Gasteiger partial charge in [0.05, 0.1) is 4.92 Å². The molecule has 0 saturated heterocycles. The molecule has 2 N–H and O–H groups in total. The van der Waals surface area contributed by atoms with Crippen LogP contribution in [0.15, 0.2) is 12.1 Å². The lowest BCUT2D eigenvalue weighted by molar-refractivity contribution is -0.384. The SMILES string of the molecule is Cc1cc(N)c([N+](=O)[O-])cc1C(C)C. The number of rotatable bonds is 2. The molecule has 1 aromatic carbocycles. The summed E-state index contributed by atoms with van der Waals surface area (Å²) in [5.74, 6) is 0.272. The zero-order chi connectivity index (χ0) is 10.9. The fourth-order valence-electron chi connectivity index (χ4n) is 1.52. The van der Waals surface area contributed by atoms with Crippen molar-refractivity contribution in [2.24, 2.45) is 0 Å². The number of nitrogen functional groups attached to an aromatic ring is 1. The minimum Gasteiger partial charge on any atom is -0.393 e. The van der Waals surface area contributed by atoms with Crippen LogP contribution in [0.1, 0.15) is 30.9 Å². The van der Waals surface area contributed by atoms with Gasteiger partial charge in [-0.2, -0.15) is 0 Å². The van der Waals surface area contributed by atoms with Crippen molar-refractivity contribution in [2.45, 2.75) is 26.7 Å². The molecule has 0 spiro atoms. The topological polar surface area (TPSA) is 69.2 Å². The highest BCUT2D eigenvalue weighted by atomic mass is 16.6. The molecule has 0 unspecified atom stereocenters. The minimum absolute atomic E-state index is 0.000648. The molecule has 14 heavy (non-hydrogen) atoms. The maximum atomic E-state index is 10.6. The Bertz CT molecular complexity index is 373. The molecule has 0 atom stereocenters. The van der Waals surface area contributed by atoms with Gasteiger partial charge in [0.1, 0.15) is 5.69 Å². The molecule has 0 aliphatic carbocycles. The number of nitrogens with two attached hydrogens (primary N) is 1. The molecule has 0 bridgehead atoms. The van der Waals surface area contributed by atoms with E-state index in [1.54, 1.807) is 12.1 Å². The van der Waals surface area contributed by atoms with Gasteiger partial charge in [0.25, 0.3) is 5.69 Å². The van der Waals surface area contributed by atoms with E-state index in [2.05, 4.69) is 0 Å². The number of nitro groups is 1. The summed E-state index contributed by atoms with van der Waals surface area (Å²) in [5, 5.41) is 10.6. The van der Waals surface area contributed by atoms with E-state index in [1.807, 2.05) is 20.8 Å². The predicted octanol–water partition coefficient (Wildman–Crippen LogP) is 2.61. The van der Waals surface area contributed by atoms with Gasteiger partial charge in [-0.25, -0.2) is 0 Å². The molecule has 4 nitrogen and oxygen atoms in total. The summed E-state index contributed by atoms with van der Waals surface area (Å²) in [6.07, 6.45) is 0. The first kappa shape index (κ1) is 10.5. The van der Waals surface area contributed by atoms with Crippen molar-refractivity contribution < 1.29 is 4.92 Å². The Kier molecular flexibility index (Phi) is 2.74. The van der Waals surface area contributed by atoms with Crippen LogP contribution < -0.4 is 5.73 Å². The summed E-state index contributed by atoms with van der Waals surface area (Å²) < 4.78 is 0. The third-order valence-corrected chi connectivity index (χ3v) is 2.23. The molecule has 0 fully saturated rings. The lowest BCUT2D eigenvalue weighted by atomic mass is 9.97. The van der Waals surface area contributed by atoms with E-state index < -0.39 is 4.92 Å². The number of hydrogen-bond donors (Lipinski definition) is 1. The second-order valence-electron chi connectivity index (χ2n) is 3.68. The number of aryl methyl sites for hydroxylation is 1. The van der Waals surface area contributed by atoms with Crippen LogP contribution >= 0.6 is 0 Å². The first-order chi connectivity index (χ1) is 6.43. The fraction of sp³-hybridized carbons (Fsp3) is 0.400. The van der Waals surface area contributed by atoms with Crippen LogP contribution in [-0.4, -0.2) is 4.92 Å². The van der Waals surface area contributed by atoms with Gasteiger partial charge in [-0.1, -0.05) is 13.8 Å². The fourth-order valence-corrected chi connectivity index (χ4v) is 1.52. The molecule has 0 aromatic heterocycles. The maximum Gasteiger partial charge on any atom is 0.292 e. The van der Waals surface area contributed by atoms with Crippen LogP contribution in [0, 0.1) is 17.0 Å². The van der Waals surface area contributed by atoms with Gasteiger partial charge < -0.3 is 5.73 Å². The van der Waals surface area contributed by atoms with E-state index in [9.17, 15) is 10.1 Å². The van der Waals surface area contributed by atoms with Gasteiger partial charge in [-0.15, -0.1) is 0 Å². The Morgan fingerprint density at radius 2 is 2.00 bits per heavy atom. The monoisotopic (exact) mass is 194 g/mol. The summed E-state index contributed by atoms with van der Waals surface area (Å²) in [5.41, 5.74) is 7.76. The van der Waals surface area contributed by atoms with Gasteiger partial charge in [0.2, 0.25) is 0 Å². The van der Waals surface area contributed by atoms with E-state index in [1.165, 1.54) is 0 Å². The van der Waals surface area contributed by atoms with Crippen molar-refractivity contribution >= 4 is 11.4 Å². The molecule has 1 rings (SSSR count). The van der Waals surface area contributed by atoms with Gasteiger partial charge in [0.15, 0.2) is 0 Å². The second kappa shape index (κ2) is 3.65. The normalized spacial score (nSPS) is 10.6. The van der Waals surface area contributed by atoms with Crippen molar-refractivity contribution in [3.63, 3.8) is 0 Å². The van der Waals surface area contributed by atoms with Crippen LogP contribution in [0.3, 0.4) is 0 Å². The average molecular weight is 194 g/mol. The van der Waals surface area contributed by atoms with Gasteiger partial charge in [-0.05, 0) is 30.0 Å². The standard InChI is InChI=1S/C10H14N2O2/c1-6(2)8-5-10(12(13)14)9(11)4-7(8)3/h4-6H,11H2,1-3H3. The first-order valence-electron chi connectivity index (χ1n) is 4.48. The average Bonchev–Trinajstić information content (AvgIpc) is 2.02. The zero-order valence-corrected chi connectivity index (χ0v) is 8.57. The van der Waals surface area contributed by atoms with Crippen molar-refractivity contribution in [3.8, 4) is 0 Å². The summed E-state index contributed by atoms with van der Waals surface area (Å²) in [6.45, 7) is 5.92. The van der Waals surface area contributed by atoms with Crippen molar-refractivity contribution in [1.29, 1.82) is 0 Å². The Balaban J connectivity index is 3.34. The van der Waals surface area contributed by atoms with Crippen LogP contribution in [0.5, 0.6) is 0 Å². The van der Waals surface area contributed by atoms with E-state index in [0.29, 0.717) is 0 Å². The van der Waals surface area contributed by atoms with E-state index in [4.69, 9.17) is 5.73 Å². The highest BCUT2D eigenvalue weighted by molar-refractivity contribution is 5.61. The summed E-state index contributed by atoms with van der Waals surface area (Å²) in [6, 6.07) is 3.22. The summed E-state index contributed by atoms with van der Waals surface area (Å²) in [7, 11) is 0. The minimum atomic E-state index is -0.444. The van der Waals surface area contributed by atoms with Crippen LogP contribution in [0.4, 0.5) is 11.4 Å². The number of benzene rings is 1. The summed E-state index contributed by atoms with van der Waals surface area (Å²) in [4.78, 5) is 10.2. The van der Waals surface area contributed by atoms with Gasteiger partial charge in [-0.3, -0.25) is 10.1 Å². The van der Waals surface area contributed by atoms with E-state index in [0.717, 1.165) is 11.1 Å². The predicted molar refractivity (Wildman–Crippen MR) is 56.3 cm³/mol. The lowest BCUT2D eigenvalue weighted by Gasteiger charge is -2.10. The van der Waals surface area contributed by atoms with Crippen molar-refractivity contribution in [1.82, 2.24) is 0 Å². The highest BCUT2D eigenvalue weighted by Gasteiger charge is 2.15. The Labute approximate surface area is 82.9 Å². The molecule has 0 aliphatic heterocycles. The second-order valence-corrected chi connectivity index (χ2v) is 3.68. The molecular weight excluding hydrogens is 180 g/mol. The highest BCUT2D eigenvalue weighted by Crippen LogP contribution is 2.29. The third kappa shape index (κ3) is 1.84. The van der Waals surface area contributed by atoms with E-state index in [-0.39, 0.29) is 17.3 Å². The number of nitro benzene ring substituents is 1. The van der Waals surface area contributed by atoms with Crippen LogP contribution in [-0.2, 0) is 0 Å². The Hall–Kier alpha value is -1.58. The molecule has 0 amide bonds. The molecule has 0 radical (unpaired) electrons. The Morgan fingerprint density at radius 1 is 1.43 bits per heavy atom. The zero-order valence-electron chi connectivity index (χ0n) is 8.57. The number of hydrogen-bond acceptors (Lipinski definition) is 3. The number of nitrogens with zero attached hydrogens (tertiary/aromatic N) is 1. The molecular formula is C10H14N2O2. The molecule has 0 aliphatic rings. The van der Waals surface area contributed by atoms with Crippen LogP contribution in [0.25, 0.3) is 0 Å². The van der Waals surface area contributed by atoms with Crippen LogP contribution in [0.2, 0.25) is 0 Å². The molecule has 0 saturated carbocycles. The van der Waals surface area contributed by atoms with Gasteiger partial charge in [0, 0.05) is 6.07 Å². The summed E-state index contributed by atoms with van der Waals surface area (Å²) >= 11 is 0. The quantitative estimate of drug-likeness (QED) is 0.447. The molecule has 76 valence electrons. The van der Waals surface area contributed by atoms with E-state index >= 15 is 0 Å². The van der Waals surface area contributed by atoms with Crippen molar-refractivity contribution in [3.05, 3.63) is 33.4 Å². The smallest absolute Gasteiger partial charge is 0.292 e.